The summed E-state index contributed by atoms with van der Waals surface area (Å²) in [4.78, 5) is 0. The molecule has 0 atom stereocenters. The maximum absolute atomic E-state index is 11.8. The Labute approximate surface area is 111 Å². The Bertz CT molecular complexity index is 533. The third-order valence-electron chi connectivity index (χ3n) is 2.73. The van der Waals surface area contributed by atoms with Crippen LogP contribution in [0.15, 0.2) is 18.2 Å². The van der Waals surface area contributed by atoms with Gasteiger partial charge in [-0.1, -0.05) is 29.3 Å². The van der Waals surface area contributed by atoms with Crippen LogP contribution in [0.2, 0.25) is 10.0 Å². The van der Waals surface area contributed by atoms with Gasteiger partial charge in [-0.25, -0.2) is 0 Å². The third-order valence-corrected chi connectivity index (χ3v) is 5.40. The molecule has 0 aromatic heterocycles. The zero-order chi connectivity index (χ0) is 12.6. The Hall–Kier alpha value is -0.330. The molecule has 1 heterocycles. The van der Waals surface area contributed by atoms with Gasteiger partial charge in [-0.15, -0.1) is 0 Å². The molecule has 0 bridgehead atoms. The summed E-state index contributed by atoms with van der Waals surface area (Å²) in [7, 11) is -1.72. The van der Waals surface area contributed by atoms with Gasteiger partial charge in [0.05, 0.1) is 10.0 Å². The van der Waals surface area contributed by atoms with Crippen molar-refractivity contribution in [2.45, 2.75) is 6.54 Å². The first-order chi connectivity index (χ1) is 7.91. The van der Waals surface area contributed by atoms with Gasteiger partial charge >= 0.3 is 0 Å². The number of likely N-dealkylation sites (N-methyl/N-ethyl adjacent to an activating group) is 1. The van der Waals surface area contributed by atoms with Gasteiger partial charge in [0.15, 0.2) is 0 Å². The molecule has 0 aliphatic carbocycles. The minimum Gasteiger partial charge on any atom is -0.195 e. The van der Waals surface area contributed by atoms with E-state index in [1.54, 1.807) is 25.2 Å². The molecular weight excluding hydrogens is 283 g/mol. The standard InChI is InChI=1S/C10H12Cl2N2O2S/c1-13-4-5-14(17(13,15)16)7-8-2-3-9(11)10(12)6-8/h2-3,6H,4-5,7H2,1H3. The fourth-order valence-corrected chi connectivity index (χ4v) is 3.33. The summed E-state index contributed by atoms with van der Waals surface area (Å²) in [6.45, 7) is 1.34. The Morgan fingerprint density at radius 2 is 1.94 bits per heavy atom. The molecular formula is C10H12Cl2N2O2S. The normalized spacial score (nSPS) is 20.9. The maximum Gasteiger partial charge on any atom is 0.282 e. The van der Waals surface area contributed by atoms with Gasteiger partial charge in [-0.3, -0.25) is 0 Å². The van der Waals surface area contributed by atoms with E-state index in [-0.39, 0.29) is 0 Å². The molecule has 1 aromatic rings. The van der Waals surface area contributed by atoms with Crippen molar-refractivity contribution in [1.29, 1.82) is 0 Å². The van der Waals surface area contributed by atoms with Crippen LogP contribution in [0.4, 0.5) is 0 Å². The second kappa shape index (κ2) is 4.74. The average Bonchev–Trinajstić information content (AvgIpc) is 2.50. The van der Waals surface area contributed by atoms with Crippen molar-refractivity contribution in [2.24, 2.45) is 0 Å². The summed E-state index contributed by atoms with van der Waals surface area (Å²) >= 11 is 11.7. The maximum atomic E-state index is 11.8. The van der Waals surface area contributed by atoms with Crippen LogP contribution in [0.1, 0.15) is 5.56 Å². The molecule has 94 valence electrons. The van der Waals surface area contributed by atoms with Crippen LogP contribution in [-0.2, 0) is 16.8 Å². The van der Waals surface area contributed by atoms with Crippen molar-refractivity contribution in [3.05, 3.63) is 33.8 Å². The quantitative estimate of drug-likeness (QED) is 0.837. The lowest BCUT2D eigenvalue weighted by Gasteiger charge is -2.15. The summed E-state index contributed by atoms with van der Waals surface area (Å²) < 4.78 is 26.4. The van der Waals surface area contributed by atoms with Gasteiger partial charge < -0.3 is 0 Å². The lowest BCUT2D eigenvalue weighted by atomic mass is 10.2. The van der Waals surface area contributed by atoms with Crippen LogP contribution in [0, 0.1) is 0 Å². The fourth-order valence-electron chi connectivity index (χ4n) is 1.68. The molecule has 1 aliphatic heterocycles. The molecule has 0 N–H and O–H groups in total. The molecule has 4 nitrogen and oxygen atoms in total. The van der Waals surface area contributed by atoms with E-state index >= 15 is 0 Å². The fraction of sp³-hybridized carbons (Fsp3) is 0.400. The van der Waals surface area contributed by atoms with Crippen molar-refractivity contribution in [2.75, 3.05) is 20.1 Å². The third kappa shape index (κ3) is 2.58. The molecule has 1 aromatic carbocycles. The van der Waals surface area contributed by atoms with Gasteiger partial charge in [0.2, 0.25) is 0 Å². The molecule has 1 saturated heterocycles. The first-order valence-electron chi connectivity index (χ1n) is 5.06. The predicted octanol–water partition coefficient (Wildman–Crippen LogP) is 1.99. The second-order valence-electron chi connectivity index (χ2n) is 3.91. The highest BCUT2D eigenvalue weighted by Crippen LogP contribution is 2.25. The number of nitrogens with zero attached hydrogens (tertiary/aromatic N) is 2. The zero-order valence-corrected chi connectivity index (χ0v) is 11.6. The van der Waals surface area contributed by atoms with E-state index in [4.69, 9.17) is 23.2 Å². The van der Waals surface area contributed by atoms with Crippen molar-refractivity contribution in [3.8, 4) is 0 Å². The first kappa shape index (κ1) is 13.1. The van der Waals surface area contributed by atoms with Crippen LogP contribution in [0.25, 0.3) is 0 Å². The summed E-state index contributed by atoms with van der Waals surface area (Å²) in [6.07, 6.45) is 0. The predicted molar refractivity (Wildman–Crippen MR) is 68.4 cm³/mol. The van der Waals surface area contributed by atoms with E-state index in [9.17, 15) is 8.42 Å². The van der Waals surface area contributed by atoms with Crippen molar-refractivity contribution in [3.63, 3.8) is 0 Å². The van der Waals surface area contributed by atoms with Gasteiger partial charge in [-0.2, -0.15) is 17.0 Å². The highest BCUT2D eigenvalue weighted by Gasteiger charge is 2.33. The minimum absolute atomic E-state index is 0.323. The molecule has 0 unspecified atom stereocenters. The molecule has 0 amide bonds. The van der Waals surface area contributed by atoms with Crippen LogP contribution < -0.4 is 0 Å². The Morgan fingerprint density at radius 3 is 2.47 bits per heavy atom. The molecule has 1 aliphatic rings. The summed E-state index contributed by atoms with van der Waals surface area (Å²) in [5, 5.41) is 0.908. The Morgan fingerprint density at radius 1 is 1.24 bits per heavy atom. The van der Waals surface area contributed by atoms with Gasteiger partial charge in [0.1, 0.15) is 0 Å². The van der Waals surface area contributed by atoms with E-state index < -0.39 is 10.2 Å². The van der Waals surface area contributed by atoms with E-state index in [1.165, 1.54) is 8.61 Å². The molecule has 0 radical (unpaired) electrons. The van der Waals surface area contributed by atoms with Gasteiger partial charge in [0, 0.05) is 26.7 Å². The molecule has 0 saturated carbocycles. The smallest absolute Gasteiger partial charge is 0.195 e. The zero-order valence-electron chi connectivity index (χ0n) is 9.23. The highest BCUT2D eigenvalue weighted by atomic mass is 35.5. The lowest BCUT2D eigenvalue weighted by molar-refractivity contribution is 0.445. The largest absolute Gasteiger partial charge is 0.282 e. The second-order valence-corrected chi connectivity index (χ2v) is 6.76. The van der Waals surface area contributed by atoms with E-state index in [1.807, 2.05) is 0 Å². The topological polar surface area (TPSA) is 40.6 Å². The minimum atomic E-state index is -3.30. The SMILES string of the molecule is CN1CCN(Cc2ccc(Cl)c(Cl)c2)S1(=O)=O. The van der Waals surface area contributed by atoms with Crippen LogP contribution in [0.5, 0.6) is 0 Å². The molecule has 1 fully saturated rings. The van der Waals surface area contributed by atoms with Gasteiger partial charge in [-0.05, 0) is 17.7 Å². The highest BCUT2D eigenvalue weighted by molar-refractivity contribution is 7.86. The van der Waals surface area contributed by atoms with E-state index in [2.05, 4.69) is 0 Å². The van der Waals surface area contributed by atoms with E-state index in [0.29, 0.717) is 29.7 Å². The molecule has 17 heavy (non-hydrogen) atoms. The average molecular weight is 295 g/mol. The van der Waals surface area contributed by atoms with Crippen LogP contribution in [-0.4, -0.2) is 37.2 Å². The van der Waals surface area contributed by atoms with Crippen molar-refractivity contribution >= 4 is 33.4 Å². The molecule has 7 heteroatoms. The van der Waals surface area contributed by atoms with Crippen LogP contribution in [0.3, 0.4) is 0 Å². The summed E-state index contributed by atoms with van der Waals surface area (Å²) in [5.74, 6) is 0. The number of hydrogen-bond acceptors (Lipinski definition) is 2. The van der Waals surface area contributed by atoms with Crippen molar-refractivity contribution < 1.29 is 8.42 Å². The molecule has 0 spiro atoms. The Kier molecular flexibility index (Phi) is 3.66. The molecule has 2 rings (SSSR count). The van der Waals surface area contributed by atoms with Crippen LogP contribution >= 0.6 is 23.2 Å². The lowest BCUT2D eigenvalue weighted by Crippen LogP contribution is -2.30. The summed E-state index contributed by atoms with van der Waals surface area (Å²) in [5.41, 5.74) is 0.832. The van der Waals surface area contributed by atoms with Gasteiger partial charge in [0.25, 0.3) is 10.2 Å². The summed E-state index contributed by atoms with van der Waals surface area (Å²) in [6, 6.07) is 5.14. The number of benzene rings is 1. The number of halogens is 2. The first-order valence-corrected chi connectivity index (χ1v) is 7.22. The Balaban J connectivity index is 2.20. The van der Waals surface area contributed by atoms with Crippen molar-refractivity contribution in [1.82, 2.24) is 8.61 Å². The van der Waals surface area contributed by atoms with E-state index in [0.717, 1.165) is 5.56 Å². The number of hydrogen-bond donors (Lipinski definition) is 0. The monoisotopic (exact) mass is 294 g/mol. The number of rotatable bonds is 2.